The van der Waals surface area contributed by atoms with Gasteiger partial charge in [-0.05, 0) is 36.6 Å². The summed E-state index contributed by atoms with van der Waals surface area (Å²) in [6.45, 7) is 1.70. The number of hydrogen-bond acceptors (Lipinski definition) is 8. The maximum Gasteiger partial charge on any atom is 0.226 e. The largest absolute Gasteiger partial charge is 0.364 e. The number of fused-ring (bicyclic) bond motifs is 1. The SMILES string of the molecule is NCCNc1nc(NCc2ccc(-c3ccccn3)nc2)c2ncn(C3CCCC3)c2n1. The fourth-order valence-corrected chi connectivity index (χ4v) is 4.13. The van der Waals surface area contributed by atoms with E-state index in [1.165, 1.54) is 12.8 Å². The van der Waals surface area contributed by atoms with Gasteiger partial charge in [0.15, 0.2) is 17.0 Å². The van der Waals surface area contributed by atoms with Gasteiger partial charge in [0.25, 0.3) is 0 Å². The summed E-state index contributed by atoms with van der Waals surface area (Å²) in [6.07, 6.45) is 10.4. The molecular formula is C23H27N9. The normalized spacial score (nSPS) is 14.2. The molecule has 5 rings (SSSR count). The molecule has 1 saturated carbocycles. The Morgan fingerprint density at radius 3 is 2.59 bits per heavy atom. The Morgan fingerprint density at radius 1 is 0.969 bits per heavy atom. The van der Waals surface area contributed by atoms with Crippen molar-refractivity contribution in [2.24, 2.45) is 5.73 Å². The first-order chi connectivity index (χ1) is 15.8. The lowest BCUT2D eigenvalue weighted by Gasteiger charge is -2.13. The van der Waals surface area contributed by atoms with Gasteiger partial charge in [0.2, 0.25) is 5.95 Å². The third-order valence-electron chi connectivity index (χ3n) is 5.78. The first-order valence-electron chi connectivity index (χ1n) is 11.1. The molecule has 4 N–H and O–H groups in total. The van der Waals surface area contributed by atoms with Crippen LogP contribution in [0.5, 0.6) is 0 Å². The first kappa shape index (κ1) is 20.3. The molecule has 0 atom stereocenters. The summed E-state index contributed by atoms with van der Waals surface area (Å²) in [4.78, 5) is 23.0. The zero-order valence-electron chi connectivity index (χ0n) is 17.9. The van der Waals surface area contributed by atoms with E-state index in [-0.39, 0.29) is 0 Å². The van der Waals surface area contributed by atoms with Crippen molar-refractivity contribution < 1.29 is 0 Å². The molecule has 0 aromatic carbocycles. The quantitative estimate of drug-likeness (QED) is 0.390. The third-order valence-corrected chi connectivity index (χ3v) is 5.78. The number of aromatic nitrogens is 6. The van der Waals surface area contributed by atoms with Crippen molar-refractivity contribution in [2.75, 3.05) is 23.7 Å². The lowest BCUT2D eigenvalue weighted by atomic mass is 10.2. The van der Waals surface area contributed by atoms with Gasteiger partial charge < -0.3 is 20.9 Å². The van der Waals surface area contributed by atoms with Gasteiger partial charge in [-0.3, -0.25) is 9.97 Å². The molecule has 4 aromatic heterocycles. The van der Waals surface area contributed by atoms with Gasteiger partial charge in [0, 0.05) is 38.1 Å². The Kier molecular flexibility index (Phi) is 5.89. The number of anilines is 2. The molecule has 32 heavy (non-hydrogen) atoms. The van der Waals surface area contributed by atoms with Crippen molar-refractivity contribution in [3.63, 3.8) is 0 Å². The van der Waals surface area contributed by atoms with Gasteiger partial charge in [0.05, 0.1) is 17.7 Å². The summed E-state index contributed by atoms with van der Waals surface area (Å²) >= 11 is 0. The number of rotatable bonds is 8. The average molecular weight is 430 g/mol. The fourth-order valence-electron chi connectivity index (χ4n) is 4.13. The lowest BCUT2D eigenvalue weighted by molar-refractivity contribution is 0.529. The number of nitrogens with zero attached hydrogens (tertiary/aromatic N) is 6. The second-order valence-electron chi connectivity index (χ2n) is 7.99. The van der Waals surface area contributed by atoms with E-state index >= 15 is 0 Å². The molecule has 0 aliphatic heterocycles. The van der Waals surface area contributed by atoms with Gasteiger partial charge in [-0.2, -0.15) is 9.97 Å². The van der Waals surface area contributed by atoms with Crippen molar-refractivity contribution in [1.82, 2.24) is 29.5 Å². The highest BCUT2D eigenvalue weighted by molar-refractivity contribution is 5.84. The predicted octanol–water partition coefficient (Wildman–Crippen LogP) is 3.38. The van der Waals surface area contributed by atoms with Crippen LogP contribution in [0.15, 0.2) is 49.1 Å². The number of nitrogens with two attached hydrogens (primary N) is 1. The first-order valence-corrected chi connectivity index (χ1v) is 11.1. The maximum atomic E-state index is 5.66. The zero-order valence-corrected chi connectivity index (χ0v) is 17.9. The van der Waals surface area contributed by atoms with Crippen LogP contribution in [0, 0.1) is 0 Å². The van der Waals surface area contributed by atoms with E-state index in [2.05, 4.69) is 35.1 Å². The van der Waals surface area contributed by atoms with E-state index in [0.717, 1.165) is 41.0 Å². The highest BCUT2D eigenvalue weighted by Gasteiger charge is 2.21. The maximum absolute atomic E-state index is 5.66. The Labute approximate surface area is 186 Å². The summed E-state index contributed by atoms with van der Waals surface area (Å²) in [6, 6.07) is 10.3. The smallest absolute Gasteiger partial charge is 0.226 e. The summed E-state index contributed by atoms with van der Waals surface area (Å²) in [7, 11) is 0. The van der Waals surface area contributed by atoms with Crippen LogP contribution in [0.3, 0.4) is 0 Å². The number of pyridine rings is 2. The predicted molar refractivity (Wildman–Crippen MR) is 125 cm³/mol. The molecule has 1 aliphatic carbocycles. The topological polar surface area (TPSA) is 119 Å². The second kappa shape index (κ2) is 9.27. The molecule has 0 bridgehead atoms. The van der Waals surface area contributed by atoms with Gasteiger partial charge in [-0.15, -0.1) is 0 Å². The van der Waals surface area contributed by atoms with Crippen molar-refractivity contribution in [2.45, 2.75) is 38.3 Å². The number of hydrogen-bond donors (Lipinski definition) is 3. The molecule has 164 valence electrons. The summed E-state index contributed by atoms with van der Waals surface area (Å²) in [5.74, 6) is 1.27. The second-order valence-corrected chi connectivity index (χ2v) is 7.99. The van der Waals surface area contributed by atoms with Crippen LogP contribution in [-0.2, 0) is 6.54 Å². The molecular weight excluding hydrogens is 402 g/mol. The molecule has 0 amide bonds. The van der Waals surface area contributed by atoms with Gasteiger partial charge in [0.1, 0.15) is 0 Å². The minimum absolute atomic E-state index is 0.452. The Hall–Kier alpha value is -3.59. The summed E-state index contributed by atoms with van der Waals surface area (Å²) in [5, 5.41) is 6.64. The average Bonchev–Trinajstić information content (AvgIpc) is 3.52. The summed E-state index contributed by atoms with van der Waals surface area (Å²) in [5.41, 5.74) is 10.1. The minimum atomic E-state index is 0.452. The molecule has 4 heterocycles. The highest BCUT2D eigenvalue weighted by Crippen LogP contribution is 2.33. The van der Waals surface area contributed by atoms with E-state index in [1.54, 1.807) is 6.20 Å². The van der Waals surface area contributed by atoms with E-state index in [1.807, 2.05) is 42.9 Å². The molecule has 0 radical (unpaired) electrons. The minimum Gasteiger partial charge on any atom is -0.364 e. The molecule has 9 heteroatoms. The van der Waals surface area contributed by atoms with Crippen molar-refractivity contribution in [1.29, 1.82) is 0 Å². The van der Waals surface area contributed by atoms with Crippen LogP contribution in [-0.4, -0.2) is 42.6 Å². The van der Waals surface area contributed by atoms with E-state index in [9.17, 15) is 0 Å². The Morgan fingerprint density at radius 2 is 1.84 bits per heavy atom. The van der Waals surface area contributed by atoms with Crippen LogP contribution < -0.4 is 16.4 Å². The molecule has 1 fully saturated rings. The monoisotopic (exact) mass is 429 g/mol. The number of nitrogens with one attached hydrogen (secondary N) is 2. The van der Waals surface area contributed by atoms with Crippen molar-refractivity contribution >= 4 is 22.9 Å². The van der Waals surface area contributed by atoms with Crippen LogP contribution in [0.1, 0.15) is 37.3 Å². The highest BCUT2D eigenvalue weighted by atomic mass is 15.2. The van der Waals surface area contributed by atoms with Crippen LogP contribution in [0.2, 0.25) is 0 Å². The van der Waals surface area contributed by atoms with E-state index < -0.39 is 0 Å². The number of imidazole rings is 1. The van der Waals surface area contributed by atoms with Gasteiger partial charge in [-0.25, -0.2) is 4.98 Å². The molecule has 9 nitrogen and oxygen atoms in total. The third kappa shape index (κ3) is 4.24. The fraction of sp³-hybridized carbons (Fsp3) is 0.348. The molecule has 0 unspecified atom stereocenters. The van der Waals surface area contributed by atoms with Gasteiger partial charge in [-0.1, -0.05) is 25.0 Å². The Balaban J connectivity index is 1.39. The van der Waals surface area contributed by atoms with Crippen LogP contribution in [0.25, 0.3) is 22.6 Å². The van der Waals surface area contributed by atoms with Crippen molar-refractivity contribution in [3.8, 4) is 11.4 Å². The molecule has 1 aliphatic rings. The van der Waals surface area contributed by atoms with Gasteiger partial charge >= 0.3 is 0 Å². The summed E-state index contributed by atoms with van der Waals surface area (Å²) < 4.78 is 2.20. The Bertz CT molecular complexity index is 1170. The standard InChI is InChI=1S/C23H27N9/c24-10-12-26-23-30-21(20-22(31-23)32(15-29-20)17-5-1-2-6-17)28-14-16-8-9-19(27-13-16)18-7-3-4-11-25-18/h3-4,7-9,11,13,15,17H,1-2,5-6,10,12,14,24H2,(H2,26,28,30,31). The zero-order chi connectivity index (χ0) is 21.8. The molecule has 4 aromatic rings. The van der Waals surface area contributed by atoms with Crippen LogP contribution in [0.4, 0.5) is 11.8 Å². The van der Waals surface area contributed by atoms with E-state index in [4.69, 9.17) is 10.7 Å². The molecule has 0 spiro atoms. The van der Waals surface area contributed by atoms with Crippen molar-refractivity contribution in [3.05, 3.63) is 54.6 Å². The lowest BCUT2D eigenvalue weighted by Crippen LogP contribution is -2.16. The molecule has 0 saturated heterocycles. The van der Waals surface area contributed by atoms with Crippen LogP contribution >= 0.6 is 0 Å². The van der Waals surface area contributed by atoms with E-state index in [0.29, 0.717) is 37.4 Å².